The van der Waals surface area contributed by atoms with Crippen LogP contribution in [0, 0.1) is 17.1 Å². The van der Waals surface area contributed by atoms with Crippen molar-refractivity contribution in [3.63, 3.8) is 0 Å². The maximum Gasteiger partial charge on any atom is 0.146 e. The molecule has 0 bridgehead atoms. The molecule has 0 radical (unpaired) electrons. The van der Waals surface area contributed by atoms with E-state index in [0.717, 1.165) is 6.08 Å². The fourth-order valence-electron chi connectivity index (χ4n) is 0.874. The van der Waals surface area contributed by atoms with Gasteiger partial charge >= 0.3 is 0 Å². The van der Waals surface area contributed by atoms with Crippen LogP contribution in [-0.4, -0.2) is 0 Å². The second-order valence-corrected chi connectivity index (χ2v) is 3.18. The van der Waals surface area contributed by atoms with E-state index in [4.69, 9.17) is 11.0 Å². The van der Waals surface area contributed by atoms with Crippen LogP contribution in [0.1, 0.15) is 5.56 Å². The van der Waals surface area contributed by atoms with E-state index < -0.39 is 5.82 Å². The van der Waals surface area contributed by atoms with Crippen LogP contribution < -0.4 is 5.73 Å². The number of hydrogen-bond acceptors (Lipinski definition) is 2. The third-order valence-corrected chi connectivity index (χ3v) is 2.10. The number of allylic oxidation sites excluding steroid dienone is 1. The van der Waals surface area contributed by atoms with Gasteiger partial charge in [0.2, 0.25) is 0 Å². The smallest absolute Gasteiger partial charge is 0.146 e. The van der Waals surface area contributed by atoms with Crippen LogP contribution in [0.2, 0.25) is 0 Å². The molecule has 0 atom stereocenters. The summed E-state index contributed by atoms with van der Waals surface area (Å²) in [7, 11) is 0. The predicted octanol–water partition coefficient (Wildman–Crippen LogP) is 2.41. The Balaban J connectivity index is 3.25. The van der Waals surface area contributed by atoms with Crippen LogP contribution >= 0.6 is 15.9 Å². The average Bonchev–Trinajstić information content (AvgIpc) is 2.10. The lowest BCUT2D eigenvalue weighted by Gasteiger charge is -2.02. The van der Waals surface area contributed by atoms with Gasteiger partial charge < -0.3 is 5.73 Å². The Hall–Kier alpha value is -1.34. The third-order valence-electron chi connectivity index (χ3n) is 1.48. The summed E-state index contributed by atoms with van der Waals surface area (Å²) in [6.45, 7) is 0. The van der Waals surface area contributed by atoms with E-state index in [-0.39, 0.29) is 11.3 Å². The number of halogens is 2. The van der Waals surface area contributed by atoms with Gasteiger partial charge in [-0.2, -0.15) is 5.26 Å². The third kappa shape index (κ3) is 2.07. The number of hydrogen-bond donors (Lipinski definition) is 1. The highest BCUT2D eigenvalue weighted by Gasteiger charge is 2.07. The van der Waals surface area contributed by atoms with E-state index >= 15 is 0 Å². The molecule has 0 aliphatic heterocycles. The SMILES string of the molecule is N#C/C=C(/N)c1cccc(Br)c1F. The van der Waals surface area contributed by atoms with Crippen LogP contribution in [0.4, 0.5) is 4.39 Å². The summed E-state index contributed by atoms with van der Waals surface area (Å²) in [4.78, 5) is 0. The molecule has 1 rings (SSSR count). The predicted molar refractivity (Wildman–Crippen MR) is 51.9 cm³/mol. The van der Waals surface area contributed by atoms with Gasteiger partial charge in [-0.15, -0.1) is 0 Å². The molecule has 0 aliphatic carbocycles. The number of benzene rings is 1. The minimum absolute atomic E-state index is 0.126. The zero-order chi connectivity index (χ0) is 9.84. The van der Waals surface area contributed by atoms with E-state index in [1.807, 2.05) is 0 Å². The molecule has 0 aromatic heterocycles. The standard InChI is InChI=1S/C9H6BrFN2/c10-7-3-1-2-6(9(7)11)8(13)4-5-12/h1-4H,13H2/b8-4+. The van der Waals surface area contributed by atoms with Crippen molar-refractivity contribution in [2.24, 2.45) is 5.73 Å². The van der Waals surface area contributed by atoms with Crippen molar-refractivity contribution in [1.82, 2.24) is 0 Å². The Morgan fingerprint density at radius 1 is 1.62 bits per heavy atom. The minimum Gasteiger partial charge on any atom is -0.398 e. The highest BCUT2D eigenvalue weighted by atomic mass is 79.9. The molecule has 1 aromatic rings. The molecule has 0 aliphatic rings. The summed E-state index contributed by atoms with van der Waals surface area (Å²) in [5.74, 6) is -0.452. The molecule has 0 fully saturated rings. The lowest BCUT2D eigenvalue weighted by atomic mass is 10.1. The van der Waals surface area contributed by atoms with Gasteiger partial charge in [0.25, 0.3) is 0 Å². The fourth-order valence-corrected chi connectivity index (χ4v) is 1.24. The van der Waals surface area contributed by atoms with Crippen LogP contribution in [-0.2, 0) is 0 Å². The van der Waals surface area contributed by atoms with Gasteiger partial charge in [-0.05, 0) is 28.1 Å². The molecule has 13 heavy (non-hydrogen) atoms. The van der Waals surface area contributed by atoms with Crippen molar-refractivity contribution in [2.45, 2.75) is 0 Å². The Labute approximate surface area is 83.6 Å². The van der Waals surface area contributed by atoms with Gasteiger partial charge in [0, 0.05) is 11.6 Å². The summed E-state index contributed by atoms with van der Waals surface area (Å²) < 4.78 is 13.6. The molecule has 0 unspecified atom stereocenters. The van der Waals surface area contributed by atoms with Gasteiger partial charge in [-0.3, -0.25) is 0 Å². The molecule has 0 saturated carbocycles. The van der Waals surface area contributed by atoms with Crippen LogP contribution in [0.3, 0.4) is 0 Å². The summed E-state index contributed by atoms with van der Waals surface area (Å²) in [5.41, 5.74) is 5.81. The van der Waals surface area contributed by atoms with Crippen LogP contribution in [0.25, 0.3) is 5.70 Å². The lowest BCUT2D eigenvalue weighted by Crippen LogP contribution is -1.99. The van der Waals surface area contributed by atoms with E-state index in [1.165, 1.54) is 6.07 Å². The van der Waals surface area contributed by atoms with Crippen molar-refractivity contribution in [2.75, 3.05) is 0 Å². The maximum absolute atomic E-state index is 13.3. The van der Waals surface area contributed by atoms with Crippen molar-refractivity contribution < 1.29 is 4.39 Å². The topological polar surface area (TPSA) is 49.8 Å². The molecule has 4 heteroatoms. The van der Waals surface area contributed by atoms with Gasteiger partial charge in [-0.25, -0.2) is 4.39 Å². The molecule has 1 aromatic carbocycles. The molecule has 0 amide bonds. The number of nitrogens with zero attached hydrogens (tertiary/aromatic N) is 1. The molecule has 2 nitrogen and oxygen atoms in total. The summed E-state index contributed by atoms with van der Waals surface area (Å²) in [5, 5.41) is 8.32. The molecule has 0 heterocycles. The highest BCUT2D eigenvalue weighted by molar-refractivity contribution is 9.10. The number of rotatable bonds is 1. The van der Waals surface area contributed by atoms with E-state index in [9.17, 15) is 4.39 Å². The van der Waals surface area contributed by atoms with Crippen molar-refractivity contribution in [3.8, 4) is 6.07 Å². The zero-order valence-electron chi connectivity index (χ0n) is 6.59. The molecule has 66 valence electrons. The quantitative estimate of drug-likeness (QED) is 0.767. The first-order valence-corrected chi connectivity index (χ1v) is 4.25. The van der Waals surface area contributed by atoms with E-state index in [2.05, 4.69) is 15.9 Å². The Bertz CT molecular complexity index is 393. The summed E-state index contributed by atoms with van der Waals surface area (Å²) in [6, 6.07) is 6.48. The molecule has 0 spiro atoms. The zero-order valence-corrected chi connectivity index (χ0v) is 8.18. The second-order valence-electron chi connectivity index (χ2n) is 2.33. The normalized spacial score (nSPS) is 11.0. The van der Waals surface area contributed by atoms with Gasteiger partial charge in [0.15, 0.2) is 0 Å². The maximum atomic E-state index is 13.3. The number of nitrogens with two attached hydrogens (primary N) is 1. The molecule has 2 N–H and O–H groups in total. The highest BCUT2D eigenvalue weighted by Crippen LogP contribution is 2.21. The van der Waals surface area contributed by atoms with Gasteiger partial charge in [0.1, 0.15) is 5.82 Å². The first kappa shape index (κ1) is 9.75. The van der Waals surface area contributed by atoms with Gasteiger partial charge in [0.05, 0.1) is 16.2 Å². The molecule has 0 saturated heterocycles. The van der Waals surface area contributed by atoms with Crippen LogP contribution in [0.5, 0.6) is 0 Å². The van der Waals surface area contributed by atoms with Crippen molar-refractivity contribution in [1.29, 1.82) is 5.26 Å². The summed E-state index contributed by atoms with van der Waals surface area (Å²) >= 11 is 3.02. The Kier molecular flexibility index (Phi) is 3.04. The lowest BCUT2D eigenvalue weighted by molar-refractivity contribution is 0.617. The molecular weight excluding hydrogens is 235 g/mol. The monoisotopic (exact) mass is 240 g/mol. The summed E-state index contributed by atoms with van der Waals surface area (Å²) in [6.07, 6.45) is 1.10. The average molecular weight is 241 g/mol. The molecular formula is C9H6BrFN2. The van der Waals surface area contributed by atoms with Crippen molar-refractivity contribution >= 4 is 21.6 Å². The minimum atomic E-state index is -0.452. The van der Waals surface area contributed by atoms with E-state index in [1.54, 1.807) is 18.2 Å². The van der Waals surface area contributed by atoms with Gasteiger partial charge in [-0.1, -0.05) is 6.07 Å². The first-order valence-electron chi connectivity index (χ1n) is 3.46. The first-order chi connectivity index (χ1) is 6.16. The van der Waals surface area contributed by atoms with E-state index in [0.29, 0.717) is 4.47 Å². The Morgan fingerprint density at radius 3 is 2.92 bits per heavy atom. The number of nitriles is 1. The largest absolute Gasteiger partial charge is 0.398 e. The van der Waals surface area contributed by atoms with Crippen LogP contribution in [0.15, 0.2) is 28.7 Å². The fraction of sp³-hybridized carbons (Fsp3) is 0. The van der Waals surface area contributed by atoms with Crippen molar-refractivity contribution in [3.05, 3.63) is 40.1 Å². The second kappa shape index (κ2) is 4.06. The Morgan fingerprint density at radius 2 is 2.31 bits per heavy atom.